The highest BCUT2D eigenvalue weighted by atomic mass is 16.5. The Morgan fingerprint density at radius 3 is 2.86 bits per heavy atom. The standard InChI is InChI=1S/C23H24N4O2/c1-17-14-18(9-10-20(17)27-12-2-3-13-27)15-25-26-22(28)16-29-21-8-4-6-19-7-5-11-24-23(19)21/h4-11,14-15H,2-3,12-13,16H2,1H3,(H,26,28)/b25-15+. The van der Waals surface area contributed by atoms with Crippen molar-refractivity contribution in [3.05, 3.63) is 65.9 Å². The summed E-state index contributed by atoms with van der Waals surface area (Å²) >= 11 is 0. The molecule has 0 saturated carbocycles. The van der Waals surface area contributed by atoms with E-state index in [1.165, 1.54) is 24.1 Å². The fourth-order valence-corrected chi connectivity index (χ4v) is 3.62. The Hall–Kier alpha value is -3.41. The molecule has 1 amide bonds. The summed E-state index contributed by atoms with van der Waals surface area (Å²) in [6.07, 6.45) is 5.87. The second kappa shape index (κ2) is 8.73. The quantitative estimate of drug-likeness (QED) is 0.517. The second-order valence-electron chi connectivity index (χ2n) is 7.15. The van der Waals surface area contributed by atoms with Crippen LogP contribution < -0.4 is 15.1 Å². The van der Waals surface area contributed by atoms with E-state index in [2.05, 4.69) is 39.5 Å². The minimum absolute atomic E-state index is 0.125. The molecule has 1 aliphatic heterocycles. The number of nitrogens with one attached hydrogen (secondary N) is 1. The SMILES string of the molecule is Cc1cc(/C=N/NC(=O)COc2cccc3cccnc23)ccc1N1CCCC1. The van der Waals surface area contributed by atoms with Crippen LogP contribution in [0.15, 0.2) is 59.8 Å². The lowest BCUT2D eigenvalue weighted by Gasteiger charge is -2.20. The van der Waals surface area contributed by atoms with E-state index in [0.717, 1.165) is 29.6 Å². The van der Waals surface area contributed by atoms with E-state index in [1.54, 1.807) is 18.5 Å². The number of rotatable bonds is 6. The molecule has 6 nitrogen and oxygen atoms in total. The molecule has 0 spiro atoms. The number of para-hydroxylation sites is 1. The molecule has 148 valence electrons. The fourth-order valence-electron chi connectivity index (χ4n) is 3.62. The van der Waals surface area contributed by atoms with Crippen molar-refractivity contribution in [2.24, 2.45) is 5.10 Å². The molecule has 1 N–H and O–H groups in total. The van der Waals surface area contributed by atoms with Gasteiger partial charge >= 0.3 is 0 Å². The molecule has 2 aromatic carbocycles. The maximum Gasteiger partial charge on any atom is 0.277 e. The van der Waals surface area contributed by atoms with Crippen molar-refractivity contribution in [1.82, 2.24) is 10.4 Å². The van der Waals surface area contributed by atoms with Crippen LogP contribution in [0.4, 0.5) is 5.69 Å². The molecule has 1 aromatic heterocycles. The van der Waals surface area contributed by atoms with Crippen molar-refractivity contribution in [1.29, 1.82) is 0 Å². The van der Waals surface area contributed by atoms with Gasteiger partial charge in [0.05, 0.1) is 6.21 Å². The highest BCUT2D eigenvalue weighted by Crippen LogP contribution is 2.25. The molecule has 1 fully saturated rings. The Morgan fingerprint density at radius 2 is 2.03 bits per heavy atom. The van der Waals surface area contributed by atoms with Gasteiger partial charge in [-0.25, -0.2) is 5.43 Å². The lowest BCUT2D eigenvalue weighted by molar-refractivity contribution is -0.123. The van der Waals surface area contributed by atoms with Crippen molar-refractivity contribution < 1.29 is 9.53 Å². The average Bonchev–Trinajstić information content (AvgIpc) is 3.27. The van der Waals surface area contributed by atoms with Gasteiger partial charge in [0.25, 0.3) is 5.91 Å². The highest BCUT2D eigenvalue weighted by Gasteiger charge is 2.14. The first-order valence-electron chi connectivity index (χ1n) is 9.85. The smallest absolute Gasteiger partial charge is 0.277 e. The summed E-state index contributed by atoms with van der Waals surface area (Å²) in [7, 11) is 0. The number of benzene rings is 2. The Balaban J connectivity index is 1.32. The maximum atomic E-state index is 12.1. The Morgan fingerprint density at radius 1 is 1.21 bits per heavy atom. The molecule has 2 heterocycles. The summed E-state index contributed by atoms with van der Waals surface area (Å²) in [5.41, 5.74) is 6.69. The Kier molecular flexibility index (Phi) is 5.70. The molecule has 0 unspecified atom stereocenters. The molecule has 4 rings (SSSR count). The van der Waals surface area contributed by atoms with Gasteiger partial charge in [0.2, 0.25) is 0 Å². The van der Waals surface area contributed by atoms with Gasteiger partial charge in [-0.05, 0) is 55.2 Å². The number of hydrogen-bond donors (Lipinski definition) is 1. The number of ether oxygens (including phenoxy) is 1. The van der Waals surface area contributed by atoms with Crippen LogP contribution in [0.2, 0.25) is 0 Å². The molecule has 0 bridgehead atoms. The minimum Gasteiger partial charge on any atom is -0.481 e. The third-order valence-electron chi connectivity index (χ3n) is 5.02. The fraction of sp³-hybridized carbons (Fsp3) is 0.261. The van der Waals surface area contributed by atoms with Crippen molar-refractivity contribution in [3.8, 4) is 5.75 Å². The van der Waals surface area contributed by atoms with Crippen molar-refractivity contribution in [3.63, 3.8) is 0 Å². The summed E-state index contributed by atoms with van der Waals surface area (Å²) in [6.45, 7) is 4.22. The first-order valence-corrected chi connectivity index (χ1v) is 9.85. The van der Waals surface area contributed by atoms with Gasteiger partial charge < -0.3 is 9.64 Å². The molecular weight excluding hydrogens is 364 g/mol. The van der Waals surface area contributed by atoms with Crippen molar-refractivity contribution in [2.45, 2.75) is 19.8 Å². The number of amides is 1. The van der Waals surface area contributed by atoms with Gasteiger partial charge in [-0.15, -0.1) is 0 Å². The molecule has 1 saturated heterocycles. The number of hydrogen-bond acceptors (Lipinski definition) is 5. The van der Waals surface area contributed by atoms with Crippen molar-refractivity contribution >= 4 is 28.7 Å². The zero-order valence-electron chi connectivity index (χ0n) is 16.5. The van der Waals surface area contributed by atoms with Crippen LogP contribution in [0.5, 0.6) is 5.75 Å². The van der Waals surface area contributed by atoms with Gasteiger partial charge in [0.15, 0.2) is 6.61 Å². The largest absolute Gasteiger partial charge is 0.481 e. The first kappa shape index (κ1) is 18.9. The molecule has 1 aliphatic rings. The normalized spacial score (nSPS) is 13.9. The van der Waals surface area contributed by atoms with E-state index < -0.39 is 0 Å². The summed E-state index contributed by atoms with van der Waals surface area (Å²) < 4.78 is 5.62. The number of aryl methyl sites for hydroxylation is 1. The Bertz CT molecular complexity index is 1040. The third kappa shape index (κ3) is 4.54. The van der Waals surface area contributed by atoms with Crippen LogP contribution >= 0.6 is 0 Å². The third-order valence-corrected chi connectivity index (χ3v) is 5.02. The monoisotopic (exact) mass is 388 g/mol. The lowest BCUT2D eigenvalue weighted by atomic mass is 10.1. The molecule has 3 aromatic rings. The number of carbonyl (C=O) groups is 1. The Labute approximate surface area is 170 Å². The summed E-state index contributed by atoms with van der Waals surface area (Å²) in [4.78, 5) is 18.8. The lowest BCUT2D eigenvalue weighted by Crippen LogP contribution is -2.24. The number of nitrogens with zero attached hydrogens (tertiary/aromatic N) is 3. The van der Waals surface area contributed by atoms with E-state index in [4.69, 9.17) is 4.74 Å². The molecule has 0 atom stereocenters. The number of carbonyl (C=O) groups excluding carboxylic acids is 1. The molecular formula is C23H24N4O2. The zero-order chi connectivity index (χ0) is 20.1. The molecule has 6 heteroatoms. The highest BCUT2D eigenvalue weighted by molar-refractivity contribution is 5.86. The van der Waals surface area contributed by atoms with Gasteiger partial charge in [-0.3, -0.25) is 9.78 Å². The number of aromatic nitrogens is 1. The minimum atomic E-state index is -0.320. The number of hydrazone groups is 1. The van der Waals surface area contributed by atoms with E-state index in [-0.39, 0.29) is 12.5 Å². The van der Waals surface area contributed by atoms with Crippen LogP contribution in [0.1, 0.15) is 24.0 Å². The zero-order valence-corrected chi connectivity index (χ0v) is 16.5. The van der Waals surface area contributed by atoms with Gasteiger partial charge in [-0.2, -0.15) is 5.10 Å². The number of anilines is 1. The average molecular weight is 388 g/mol. The molecule has 0 radical (unpaired) electrons. The molecule has 29 heavy (non-hydrogen) atoms. The van der Waals surface area contributed by atoms with Crippen LogP contribution in [0, 0.1) is 6.92 Å². The summed E-state index contributed by atoms with van der Waals surface area (Å²) in [5.74, 6) is 0.259. The molecule has 0 aliphatic carbocycles. The number of pyridine rings is 1. The van der Waals surface area contributed by atoms with Gasteiger partial charge in [-0.1, -0.05) is 24.3 Å². The van der Waals surface area contributed by atoms with Crippen LogP contribution in [-0.4, -0.2) is 36.8 Å². The van der Waals surface area contributed by atoms with Gasteiger partial charge in [0.1, 0.15) is 11.3 Å². The summed E-state index contributed by atoms with van der Waals surface area (Å²) in [5, 5.41) is 5.02. The summed E-state index contributed by atoms with van der Waals surface area (Å²) in [6, 6.07) is 15.7. The van der Waals surface area contributed by atoms with Gasteiger partial charge in [0, 0.05) is 30.4 Å². The van der Waals surface area contributed by atoms with E-state index in [9.17, 15) is 4.79 Å². The van der Waals surface area contributed by atoms with E-state index in [1.807, 2.05) is 30.3 Å². The predicted octanol–water partition coefficient (Wildman–Crippen LogP) is 3.67. The predicted molar refractivity (Wildman–Crippen MR) is 116 cm³/mol. The van der Waals surface area contributed by atoms with E-state index >= 15 is 0 Å². The van der Waals surface area contributed by atoms with Crippen LogP contribution in [-0.2, 0) is 4.79 Å². The van der Waals surface area contributed by atoms with Crippen LogP contribution in [0.3, 0.4) is 0 Å². The van der Waals surface area contributed by atoms with Crippen molar-refractivity contribution in [2.75, 3.05) is 24.6 Å². The topological polar surface area (TPSA) is 66.8 Å². The maximum absolute atomic E-state index is 12.1. The number of fused-ring (bicyclic) bond motifs is 1. The van der Waals surface area contributed by atoms with E-state index in [0.29, 0.717) is 5.75 Å². The van der Waals surface area contributed by atoms with Crippen LogP contribution in [0.25, 0.3) is 10.9 Å². The second-order valence-corrected chi connectivity index (χ2v) is 7.15. The first-order chi connectivity index (χ1) is 14.2.